The van der Waals surface area contributed by atoms with Crippen LogP contribution in [0.25, 0.3) is 0 Å². The second kappa shape index (κ2) is 5.10. The van der Waals surface area contributed by atoms with Gasteiger partial charge >= 0.3 is 0 Å². The third kappa shape index (κ3) is 2.90. The minimum absolute atomic E-state index is 0.00176. The summed E-state index contributed by atoms with van der Waals surface area (Å²) in [4.78, 5) is 13.8. The van der Waals surface area contributed by atoms with Crippen LogP contribution in [0.5, 0.6) is 0 Å². The van der Waals surface area contributed by atoms with E-state index in [1.54, 1.807) is 11.9 Å². The number of hydrogen-bond donors (Lipinski definition) is 1. The Bertz CT molecular complexity index is 418. The van der Waals surface area contributed by atoms with Crippen molar-refractivity contribution >= 4 is 5.91 Å². The Morgan fingerprint density at radius 3 is 2.72 bits per heavy atom. The summed E-state index contributed by atoms with van der Waals surface area (Å²) in [5.41, 5.74) is 7.75. The molecule has 1 atom stereocenters. The highest BCUT2D eigenvalue weighted by Gasteiger charge is 2.28. The molecular formula is C13H21N3O2. The summed E-state index contributed by atoms with van der Waals surface area (Å²) in [5, 5.41) is 3.89. The second-order valence-corrected chi connectivity index (χ2v) is 5.28. The van der Waals surface area contributed by atoms with E-state index in [2.05, 4.69) is 5.16 Å². The van der Waals surface area contributed by atoms with Crippen LogP contribution in [0.4, 0.5) is 0 Å². The third-order valence-electron chi connectivity index (χ3n) is 3.55. The molecule has 0 aromatic carbocycles. The molecule has 1 amide bonds. The van der Waals surface area contributed by atoms with Crippen molar-refractivity contribution in [3.8, 4) is 0 Å². The molecule has 1 aromatic rings. The first-order chi connectivity index (χ1) is 8.49. The van der Waals surface area contributed by atoms with Crippen LogP contribution >= 0.6 is 0 Å². The largest absolute Gasteiger partial charge is 0.361 e. The Morgan fingerprint density at radius 2 is 2.22 bits per heavy atom. The molecule has 0 bridgehead atoms. The summed E-state index contributed by atoms with van der Waals surface area (Å²) in [6, 6.07) is -0.372. The number of likely N-dealkylation sites (N-methyl/N-ethyl adjacent to an activating group) is 1. The summed E-state index contributed by atoms with van der Waals surface area (Å²) in [5.74, 6) is 1.43. The molecule has 0 unspecified atom stereocenters. The van der Waals surface area contributed by atoms with Crippen LogP contribution in [0.1, 0.15) is 36.3 Å². The number of carbonyl (C=O) groups excluding carboxylic acids is 1. The van der Waals surface area contributed by atoms with Crippen molar-refractivity contribution in [1.29, 1.82) is 0 Å². The molecule has 5 heteroatoms. The van der Waals surface area contributed by atoms with Crippen molar-refractivity contribution in [1.82, 2.24) is 10.1 Å². The smallest absolute Gasteiger partial charge is 0.239 e. The quantitative estimate of drug-likeness (QED) is 0.858. The van der Waals surface area contributed by atoms with Crippen molar-refractivity contribution in [2.45, 2.75) is 45.7 Å². The summed E-state index contributed by atoms with van der Waals surface area (Å²) in [6.07, 6.45) is 3.24. The lowest BCUT2D eigenvalue weighted by atomic mass is 10.1. The van der Waals surface area contributed by atoms with Crippen molar-refractivity contribution in [2.75, 3.05) is 7.05 Å². The van der Waals surface area contributed by atoms with Gasteiger partial charge in [0.2, 0.25) is 5.91 Å². The number of hydrogen-bond acceptors (Lipinski definition) is 4. The summed E-state index contributed by atoms with van der Waals surface area (Å²) in [7, 11) is 1.78. The molecular weight excluding hydrogens is 230 g/mol. The molecule has 2 rings (SSSR count). The third-order valence-corrected chi connectivity index (χ3v) is 3.55. The molecule has 0 saturated heterocycles. The van der Waals surface area contributed by atoms with Gasteiger partial charge in [0, 0.05) is 12.6 Å². The Labute approximate surface area is 107 Å². The molecule has 1 heterocycles. The summed E-state index contributed by atoms with van der Waals surface area (Å²) >= 11 is 0. The fourth-order valence-electron chi connectivity index (χ4n) is 2.14. The van der Waals surface area contributed by atoms with E-state index in [9.17, 15) is 4.79 Å². The zero-order chi connectivity index (χ0) is 13.3. The average molecular weight is 251 g/mol. The van der Waals surface area contributed by atoms with Gasteiger partial charge in [-0.05, 0) is 26.2 Å². The standard InChI is InChI=1S/C13H21N3O2/c1-8-11(9(2)18-15-8)7-16(3)13(17)12(14)6-10-4-5-10/h10,12H,4-7,14H2,1-3H3/t12-/m0/s1. The number of rotatable bonds is 5. The van der Waals surface area contributed by atoms with Crippen LogP contribution in [-0.2, 0) is 11.3 Å². The van der Waals surface area contributed by atoms with E-state index >= 15 is 0 Å². The molecule has 0 aliphatic heterocycles. The van der Waals surface area contributed by atoms with Gasteiger partial charge in [-0.2, -0.15) is 0 Å². The predicted octanol–water partition coefficient (Wildman–Crippen LogP) is 1.38. The normalized spacial score (nSPS) is 16.7. The molecule has 1 aliphatic rings. The maximum atomic E-state index is 12.1. The van der Waals surface area contributed by atoms with Crippen LogP contribution in [0, 0.1) is 19.8 Å². The lowest BCUT2D eigenvalue weighted by Crippen LogP contribution is -2.41. The SMILES string of the molecule is Cc1noc(C)c1CN(C)C(=O)[C@@H](N)CC1CC1. The molecule has 2 N–H and O–H groups in total. The highest BCUT2D eigenvalue weighted by Crippen LogP contribution is 2.33. The molecule has 1 aliphatic carbocycles. The molecule has 18 heavy (non-hydrogen) atoms. The molecule has 100 valence electrons. The van der Waals surface area contributed by atoms with Gasteiger partial charge in [-0.3, -0.25) is 4.79 Å². The van der Waals surface area contributed by atoms with Crippen LogP contribution in [0.2, 0.25) is 0 Å². The van der Waals surface area contributed by atoms with E-state index in [0.717, 1.165) is 23.4 Å². The van der Waals surface area contributed by atoms with Crippen molar-refractivity contribution in [3.63, 3.8) is 0 Å². The van der Waals surface area contributed by atoms with Crippen molar-refractivity contribution in [2.24, 2.45) is 11.7 Å². The van der Waals surface area contributed by atoms with E-state index in [0.29, 0.717) is 12.5 Å². The van der Waals surface area contributed by atoms with Gasteiger partial charge in [0.25, 0.3) is 0 Å². The van der Waals surface area contributed by atoms with E-state index in [4.69, 9.17) is 10.3 Å². The lowest BCUT2D eigenvalue weighted by molar-refractivity contribution is -0.132. The zero-order valence-electron chi connectivity index (χ0n) is 11.3. The number of aromatic nitrogens is 1. The van der Waals surface area contributed by atoms with E-state index in [1.807, 2.05) is 13.8 Å². The highest BCUT2D eigenvalue weighted by atomic mass is 16.5. The molecule has 5 nitrogen and oxygen atoms in total. The van der Waals surface area contributed by atoms with Gasteiger partial charge in [-0.15, -0.1) is 0 Å². The van der Waals surface area contributed by atoms with Crippen LogP contribution in [0.15, 0.2) is 4.52 Å². The van der Waals surface area contributed by atoms with Crippen LogP contribution < -0.4 is 5.73 Å². The fourth-order valence-corrected chi connectivity index (χ4v) is 2.14. The Balaban J connectivity index is 1.94. The van der Waals surface area contributed by atoms with Crippen LogP contribution in [0.3, 0.4) is 0 Å². The van der Waals surface area contributed by atoms with Crippen LogP contribution in [-0.4, -0.2) is 29.1 Å². The Hall–Kier alpha value is -1.36. The number of amides is 1. The predicted molar refractivity (Wildman–Crippen MR) is 67.8 cm³/mol. The van der Waals surface area contributed by atoms with Gasteiger partial charge in [0.05, 0.1) is 18.3 Å². The molecule has 0 spiro atoms. The number of nitrogens with two attached hydrogens (primary N) is 1. The summed E-state index contributed by atoms with van der Waals surface area (Å²) in [6.45, 7) is 4.25. The Kier molecular flexibility index (Phi) is 3.71. The summed E-state index contributed by atoms with van der Waals surface area (Å²) < 4.78 is 5.09. The molecule has 1 aromatic heterocycles. The topological polar surface area (TPSA) is 72.4 Å². The average Bonchev–Trinajstić information content (AvgIpc) is 3.09. The second-order valence-electron chi connectivity index (χ2n) is 5.28. The first kappa shape index (κ1) is 13.1. The first-order valence-corrected chi connectivity index (χ1v) is 6.41. The van der Waals surface area contributed by atoms with E-state index in [-0.39, 0.29) is 11.9 Å². The van der Waals surface area contributed by atoms with Gasteiger partial charge < -0.3 is 15.2 Å². The fraction of sp³-hybridized carbons (Fsp3) is 0.692. The minimum Gasteiger partial charge on any atom is -0.361 e. The molecule has 1 fully saturated rings. The van der Waals surface area contributed by atoms with Crippen molar-refractivity contribution in [3.05, 3.63) is 17.0 Å². The maximum Gasteiger partial charge on any atom is 0.239 e. The minimum atomic E-state index is -0.372. The molecule has 0 radical (unpaired) electrons. The number of nitrogens with zero attached hydrogens (tertiary/aromatic N) is 2. The van der Waals surface area contributed by atoms with Gasteiger partial charge in [-0.1, -0.05) is 18.0 Å². The van der Waals surface area contributed by atoms with E-state index in [1.165, 1.54) is 12.8 Å². The Morgan fingerprint density at radius 1 is 1.56 bits per heavy atom. The monoisotopic (exact) mass is 251 g/mol. The number of aryl methyl sites for hydroxylation is 2. The van der Waals surface area contributed by atoms with Crippen molar-refractivity contribution < 1.29 is 9.32 Å². The number of carbonyl (C=O) groups is 1. The highest BCUT2D eigenvalue weighted by molar-refractivity contribution is 5.81. The van der Waals surface area contributed by atoms with Gasteiger partial charge in [0.15, 0.2) is 0 Å². The van der Waals surface area contributed by atoms with Gasteiger partial charge in [-0.25, -0.2) is 0 Å². The molecule has 1 saturated carbocycles. The van der Waals surface area contributed by atoms with Gasteiger partial charge in [0.1, 0.15) is 5.76 Å². The van der Waals surface area contributed by atoms with E-state index < -0.39 is 0 Å². The first-order valence-electron chi connectivity index (χ1n) is 6.41. The lowest BCUT2D eigenvalue weighted by Gasteiger charge is -2.21. The zero-order valence-corrected chi connectivity index (χ0v) is 11.3. The maximum absolute atomic E-state index is 12.1.